The van der Waals surface area contributed by atoms with Gasteiger partial charge >= 0.3 is 0 Å². The molecular formula is C16H19BrN2O2. The molecule has 1 aromatic carbocycles. The largest absolute Gasteiger partial charge is 0.383 e. The lowest BCUT2D eigenvalue weighted by molar-refractivity contribution is 0.0893. The van der Waals surface area contributed by atoms with E-state index in [0.29, 0.717) is 23.3 Å². The number of hydrogen-bond acceptors (Lipinski definition) is 3. The van der Waals surface area contributed by atoms with Crippen molar-refractivity contribution in [2.24, 2.45) is 0 Å². The highest BCUT2D eigenvalue weighted by Gasteiger charge is 2.34. The van der Waals surface area contributed by atoms with Gasteiger partial charge in [-0.25, -0.2) is 0 Å². The molecular weight excluding hydrogens is 332 g/mol. The van der Waals surface area contributed by atoms with Crippen LogP contribution < -0.4 is 0 Å². The molecule has 0 saturated heterocycles. The number of ketones is 1. The molecule has 5 heteroatoms. The van der Waals surface area contributed by atoms with Gasteiger partial charge in [-0.2, -0.15) is 5.10 Å². The molecule has 0 aliphatic rings. The van der Waals surface area contributed by atoms with E-state index in [1.807, 2.05) is 44.2 Å². The Morgan fingerprint density at radius 2 is 2.00 bits per heavy atom. The first-order chi connectivity index (χ1) is 9.98. The Bertz CT molecular complexity index is 620. The number of nitrogens with zero attached hydrogens (tertiary/aromatic N) is 2. The molecule has 1 heterocycles. The van der Waals surface area contributed by atoms with Gasteiger partial charge in [0, 0.05) is 7.11 Å². The summed E-state index contributed by atoms with van der Waals surface area (Å²) in [5, 5.41) is 4.25. The van der Waals surface area contributed by atoms with Gasteiger partial charge in [0.15, 0.2) is 5.78 Å². The quantitative estimate of drug-likeness (QED) is 0.749. The lowest BCUT2D eigenvalue weighted by atomic mass is 9.79. The molecule has 0 fully saturated rings. The van der Waals surface area contributed by atoms with Gasteiger partial charge in [0.2, 0.25) is 0 Å². The summed E-state index contributed by atoms with van der Waals surface area (Å²) in [5.41, 5.74) is 0.955. The number of aromatic nitrogens is 2. The van der Waals surface area contributed by atoms with Crippen LogP contribution in [0.5, 0.6) is 0 Å². The number of Topliss-reactive ketones (excluding diaryl/α,β-unsaturated/α-hetero) is 1. The third-order valence-corrected chi connectivity index (χ3v) is 4.16. The normalized spacial score (nSPS) is 11.6. The van der Waals surface area contributed by atoms with Gasteiger partial charge in [-0.3, -0.25) is 9.48 Å². The SMILES string of the molecule is COCCn1ncc(Br)c1C(=O)C(C)(C)c1ccccc1. The van der Waals surface area contributed by atoms with Crippen LogP contribution >= 0.6 is 15.9 Å². The maximum atomic E-state index is 13.0. The Labute approximate surface area is 133 Å². The third kappa shape index (κ3) is 3.24. The molecule has 0 amide bonds. The molecule has 0 aliphatic carbocycles. The van der Waals surface area contributed by atoms with Crippen molar-refractivity contribution in [3.8, 4) is 0 Å². The van der Waals surface area contributed by atoms with Crippen molar-refractivity contribution in [2.75, 3.05) is 13.7 Å². The zero-order valence-electron chi connectivity index (χ0n) is 12.5. The minimum Gasteiger partial charge on any atom is -0.383 e. The summed E-state index contributed by atoms with van der Waals surface area (Å²) >= 11 is 3.43. The summed E-state index contributed by atoms with van der Waals surface area (Å²) in [7, 11) is 1.63. The van der Waals surface area contributed by atoms with E-state index in [0.717, 1.165) is 5.56 Å². The predicted molar refractivity (Wildman–Crippen MR) is 85.6 cm³/mol. The summed E-state index contributed by atoms with van der Waals surface area (Å²) in [5.74, 6) is 0.0363. The zero-order chi connectivity index (χ0) is 15.5. The fourth-order valence-electron chi connectivity index (χ4n) is 2.22. The van der Waals surface area contributed by atoms with E-state index in [4.69, 9.17) is 4.74 Å². The lowest BCUT2D eigenvalue weighted by Crippen LogP contribution is -2.31. The first kappa shape index (κ1) is 15.9. The first-order valence-corrected chi connectivity index (χ1v) is 7.58. The number of rotatable bonds is 6. The average molecular weight is 351 g/mol. The number of benzene rings is 1. The molecule has 0 saturated carbocycles. The summed E-state index contributed by atoms with van der Waals surface area (Å²) in [6.07, 6.45) is 1.66. The van der Waals surface area contributed by atoms with Gasteiger partial charge in [0.1, 0.15) is 5.69 Å². The van der Waals surface area contributed by atoms with Crippen molar-refractivity contribution in [1.29, 1.82) is 0 Å². The van der Waals surface area contributed by atoms with E-state index in [-0.39, 0.29) is 5.78 Å². The highest BCUT2D eigenvalue weighted by Crippen LogP contribution is 2.30. The number of carbonyl (C=O) groups excluding carboxylic acids is 1. The molecule has 2 rings (SSSR count). The summed E-state index contributed by atoms with van der Waals surface area (Å²) in [4.78, 5) is 13.0. The third-order valence-electron chi connectivity index (χ3n) is 3.58. The monoisotopic (exact) mass is 350 g/mol. The second-order valence-corrected chi connectivity index (χ2v) is 6.23. The molecule has 0 radical (unpaired) electrons. The number of halogens is 1. The van der Waals surface area contributed by atoms with Crippen LogP contribution in [0.2, 0.25) is 0 Å². The van der Waals surface area contributed by atoms with Crippen LogP contribution in [0.4, 0.5) is 0 Å². The maximum Gasteiger partial charge on any atom is 0.191 e. The van der Waals surface area contributed by atoms with Gasteiger partial charge in [-0.1, -0.05) is 30.3 Å². The fraction of sp³-hybridized carbons (Fsp3) is 0.375. The van der Waals surface area contributed by atoms with E-state index in [2.05, 4.69) is 21.0 Å². The van der Waals surface area contributed by atoms with Crippen LogP contribution in [0.25, 0.3) is 0 Å². The van der Waals surface area contributed by atoms with Crippen molar-refractivity contribution >= 4 is 21.7 Å². The topological polar surface area (TPSA) is 44.1 Å². The number of carbonyl (C=O) groups is 1. The minimum absolute atomic E-state index is 0.0363. The number of hydrogen-bond donors (Lipinski definition) is 0. The van der Waals surface area contributed by atoms with Crippen LogP contribution in [0, 0.1) is 0 Å². The van der Waals surface area contributed by atoms with Gasteiger partial charge < -0.3 is 4.74 Å². The molecule has 0 N–H and O–H groups in total. The molecule has 112 valence electrons. The molecule has 21 heavy (non-hydrogen) atoms. The maximum absolute atomic E-state index is 13.0. The summed E-state index contributed by atoms with van der Waals surface area (Å²) in [6, 6.07) is 9.79. The molecule has 0 spiro atoms. The van der Waals surface area contributed by atoms with Crippen molar-refractivity contribution in [3.05, 3.63) is 52.3 Å². The van der Waals surface area contributed by atoms with E-state index in [9.17, 15) is 4.79 Å². The second kappa shape index (κ2) is 6.54. The Balaban J connectivity index is 2.38. The number of methoxy groups -OCH3 is 1. The van der Waals surface area contributed by atoms with Crippen molar-refractivity contribution < 1.29 is 9.53 Å². The van der Waals surface area contributed by atoms with Crippen LogP contribution in [0.3, 0.4) is 0 Å². The van der Waals surface area contributed by atoms with Gasteiger partial charge in [0.25, 0.3) is 0 Å². The van der Waals surface area contributed by atoms with Crippen LogP contribution in [-0.2, 0) is 16.7 Å². The lowest BCUT2D eigenvalue weighted by Gasteiger charge is -2.24. The van der Waals surface area contributed by atoms with Gasteiger partial charge in [-0.15, -0.1) is 0 Å². The summed E-state index contributed by atoms with van der Waals surface area (Å²) in [6.45, 7) is 4.93. The Kier molecular flexibility index (Phi) is 4.96. The second-order valence-electron chi connectivity index (χ2n) is 5.38. The van der Waals surface area contributed by atoms with Crippen molar-refractivity contribution in [2.45, 2.75) is 25.8 Å². The molecule has 0 atom stereocenters. The smallest absolute Gasteiger partial charge is 0.191 e. The summed E-state index contributed by atoms with van der Waals surface area (Å²) < 4.78 is 7.48. The van der Waals surface area contributed by atoms with E-state index < -0.39 is 5.41 Å². The number of ether oxygens (including phenoxy) is 1. The highest BCUT2D eigenvalue weighted by atomic mass is 79.9. The molecule has 2 aromatic rings. The van der Waals surface area contributed by atoms with Crippen LogP contribution in [0.1, 0.15) is 29.9 Å². The molecule has 1 aromatic heterocycles. The van der Waals surface area contributed by atoms with Gasteiger partial charge in [-0.05, 0) is 35.3 Å². The Morgan fingerprint density at radius 3 is 2.62 bits per heavy atom. The zero-order valence-corrected chi connectivity index (χ0v) is 14.1. The van der Waals surface area contributed by atoms with E-state index in [1.165, 1.54) is 0 Å². The van der Waals surface area contributed by atoms with Crippen LogP contribution in [-0.4, -0.2) is 29.3 Å². The highest BCUT2D eigenvalue weighted by molar-refractivity contribution is 9.10. The predicted octanol–water partition coefficient (Wildman–Crippen LogP) is 3.45. The average Bonchev–Trinajstić information content (AvgIpc) is 2.86. The minimum atomic E-state index is -0.616. The molecule has 4 nitrogen and oxygen atoms in total. The van der Waals surface area contributed by atoms with E-state index in [1.54, 1.807) is 18.0 Å². The molecule has 0 unspecified atom stereocenters. The van der Waals surface area contributed by atoms with Gasteiger partial charge in [0.05, 0.1) is 29.2 Å². The Hall–Kier alpha value is -1.46. The van der Waals surface area contributed by atoms with E-state index >= 15 is 0 Å². The first-order valence-electron chi connectivity index (χ1n) is 6.79. The standard InChI is InChI=1S/C16H19BrN2O2/c1-16(2,12-7-5-4-6-8-12)15(20)14-13(17)11-18-19(14)9-10-21-3/h4-8,11H,9-10H2,1-3H3. The van der Waals surface area contributed by atoms with Crippen LogP contribution in [0.15, 0.2) is 41.0 Å². The Morgan fingerprint density at radius 1 is 1.33 bits per heavy atom. The fourth-order valence-corrected chi connectivity index (χ4v) is 2.69. The molecule has 0 bridgehead atoms. The van der Waals surface area contributed by atoms with Crippen molar-refractivity contribution in [1.82, 2.24) is 9.78 Å². The molecule has 0 aliphatic heterocycles. The van der Waals surface area contributed by atoms with Crippen molar-refractivity contribution in [3.63, 3.8) is 0 Å².